The fourth-order valence-corrected chi connectivity index (χ4v) is 2.66. The smallest absolute Gasteiger partial charge is 0.188 e. The number of aromatic nitrogens is 2. The highest BCUT2D eigenvalue weighted by Gasteiger charge is 2.05. The summed E-state index contributed by atoms with van der Waals surface area (Å²) in [4.78, 5) is 8.83. The van der Waals surface area contributed by atoms with Crippen molar-refractivity contribution in [1.82, 2.24) is 9.97 Å². The van der Waals surface area contributed by atoms with Crippen LogP contribution in [0.5, 0.6) is 5.75 Å². The van der Waals surface area contributed by atoms with Crippen LogP contribution >= 0.6 is 11.8 Å². The van der Waals surface area contributed by atoms with E-state index in [1.807, 2.05) is 38.1 Å². The number of para-hydroxylation sites is 1. The van der Waals surface area contributed by atoms with E-state index in [0.717, 1.165) is 33.6 Å². The quantitative estimate of drug-likeness (QED) is 0.623. The largest absolute Gasteiger partial charge is 0.496 e. The van der Waals surface area contributed by atoms with Gasteiger partial charge in [0.05, 0.1) is 7.11 Å². The molecule has 0 radical (unpaired) electrons. The van der Waals surface area contributed by atoms with E-state index in [1.54, 1.807) is 18.9 Å². The Morgan fingerprint density at radius 3 is 2.44 bits per heavy atom. The van der Waals surface area contributed by atoms with Crippen LogP contribution in [0.3, 0.4) is 0 Å². The molecule has 18 heavy (non-hydrogen) atoms. The van der Waals surface area contributed by atoms with Gasteiger partial charge >= 0.3 is 0 Å². The van der Waals surface area contributed by atoms with Gasteiger partial charge in [-0.2, -0.15) is 0 Å². The lowest BCUT2D eigenvalue weighted by Crippen LogP contribution is -1.94. The van der Waals surface area contributed by atoms with Crippen LogP contribution in [0.1, 0.15) is 17.0 Å². The first-order chi connectivity index (χ1) is 8.69. The molecule has 0 atom stereocenters. The Bertz CT molecular complexity index is 523. The monoisotopic (exact) mass is 260 g/mol. The molecule has 1 aromatic carbocycles. The van der Waals surface area contributed by atoms with Crippen molar-refractivity contribution < 1.29 is 4.74 Å². The molecular formula is C14H16N2OS. The number of benzene rings is 1. The Kier molecular flexibility index (Phi) is 4.20. The Labute approximate surface area is 112 Å². The van der Waals surface area contributed by atoms with E-state index in [2.05, 4.69) is 16.0 Å². The summed E-state index contributed by atoms with van der Waals surface area (Å²) in [6.07, 6.45) is 0. The van der Waals surface area contributed by atoms with E-state index in [-0.39, 0.29) is 0 Å². The number of hydrogen-bond donors (Lipinski definition) is 0. The van der Waals surface area contributed by atoms with E-state index in [4.69, 9.17) is 4.74 Å². The van der Waals surface area contributed by atoms with Gasteiger partial charge in [0.15, 0.2) is 5.16 Å². The Hall–Kier alpha value is -1.55. The van der Waals surface area contributed by atoms with Crippen LogP contribution in [0, 0.1) is 13.8 Å². The van der Waals surface area contributed by atoms with Gasteiger partial charge in [0, 0.05) is 22.7 Å². The molecule has 0 aliphatic rings. The number of ether oxygens (including phenoxy) is 1. The molecule has 0 unspecified atom stereocenters. The number of methoxy groups -OCH3 is 1. The first kappa shape index (κ1) is 12.9. The molecule has 0 aliphatic heterocycles. The molecule has 4 heteroatoms. The maximum atomic E-state index is 5.33. The van der Waals surface area contributed by atoms with Gasteiger partial charge in [0.25, 0.3) is 0 Å². The van der Waals surface area contributed by atoms with Gasteiger partial charge in [-0.1, -0.05) is 30.0 Å². The van der Waals surface area contributed by atoms with Gasteiger partial charge in [-0.15, -0.1) is 0 Å². The van der Waals surface area contributed by atoms with Gasteiger partial charge in [-0.25, -0.2) is 9.97 Å². The second kappa shape index (κ2) is 5.87. The van der Waals surface area contributed by atoms with Crippen molar-refractivity contribution in [2.45, 2.75) is 24.8 Å². The molecular weight excluding hydrogens is 244 g/mol. The summed E-state index contributed by atoms with van der Waals surface area (Å²) < 4.78 is 5.33. The van der Waals surface area contributed by atoms with Crippen LogP contribution < -0.4 is 4.74 Å². The van der Waals surface area contributed by atoms with Crippen LogP contribution in [0.2, 0.25) is 0 Å². The zero-order valence-corrected chi connectivity index (χ0v) is 11.6. The molecule has 3 nitrogen and oxygen atoms in total. The highest BCUT2D eigenvalue weighted by Crippen LogP contribution is 2.26. The Morgan fingerprint density at radius 1 is 1.11 bits per heavy atom. The SMILES string of the molecule is COc1ccccc1CSc1nc(C)cc(C)n1. The summed E-state index contributed by atoms with van der Waals surface area (Å²) in [6.45, 7) is 3.98. The lowest BCUT2D eigenvalue weighted by Gasteiger charge is -2.07. The van der Waals surface area contributed by atoms with Crippen molar-refractivity contribution in [2.24, 2.45) is 0 Å². The first-order valence-electron chi connectivity index (χ1n) is 5.76. The second-order valence-corrected chi connectivity index (χ2v) is 4.98. The second-order valence-electron chi connectivity index (χ2n) is 4.03. The molecule has 0 saturated heterocycles. The standard InChI is InChI=1S/C14H16N2OS/c1-10-8-11(2)16-14(15-10)18-9-12-6-4-5-7-13(12)17-3/h4-8H,9H2,1-3H3. The Morgan fingerprint density at radius 2 is 1.78 bits per heavy atom. The first-order valence-corrected chi connectivity index (χ1v) is 6.74. The summed E-state index contributed by atoms with van der Waals surface area (Å²) >= 11 is 1.63. The van der Waals surface area contributed by atoms with Gasteiger partial charge in [-0.3, -0.25) is 0 Å². The van der Waals surface area contributed by atoms with Crippen LogP contribution in [0.25, 0.3) is 0 Å². The Balaban J connectivity index is 2.11. The van der Waals surface area contributed by atoms with E-state index >= 15 is 0 Å². The normalized spacial score (nSPS) is 10.4. The van der Waals surface area contributed by atoms with Gasteiger partial charge in [0.2, 0.25) is 0 Å². The molecule has 0 N–H and O–H groups in total. The minimum atomic E-state index is 0.812. The topological polar surface area (TPSA) is 35.0 Å². The molecule has 2 rings (SSSR count). The van der Waals surface area contributed by atoms with Crippen molar-refractivity contribution in [1.29, 1.82) is 0 Å². The number of nitrogens with zero attached hydrogens (tertiary/aromatic N) is 2. The highest BCUT2D eigenvalue weighted by molar-refractivity contribution is 7.98. The summed E-state index contributed by atoms with van der Waals surface area (Å²) in [5, 5.41) is 0.818. The van der Waals surface area contributed by atoms with Crippen LogP contribution in [-0.2, 0) is 5.75 Å². The van der Waals surface area contributed by atoms with Gasteiger partial charge < -0.3 is 4.74 Å². The number of hydrogen-bond acceptors (Lipinski definition) is 4. The fraction of sp³-hybridized carbons (Fsp3) is 0.286. The summed E-state index contributed by atoms with van der Waals surface area (Å²) in [6, 6.07) is 10.0. The lowest BCUT2D eigenvalue weighted by molar-refractivity contribution is 0.411. The van der Waals surface area contributed by atoms with Crippen molar-refractivity contribution >= 4 is 11.8 Å². The van der Waals surface area contributed by atoms with E-state index in [9.17, 15) is 0 Å². The minimum absolute atomic E-state index is 0.812. The summed E-state index contributed by atoms with van der Waals surface area (Å²) in [5.41, 5.74) is 3.17. The van der Waals surface area contributed by atoms with Crippen LogP contribution in [-0.4, -0.2) is 17.1 Å². The van der Waals surface area contributed by atoms with Gasteiger partial charge in [0.1, 0.15) is 5.75 Å². The van der Waals surface area contributed by atoms with Crippen molar-refractivity contribution in [3.8, 4) is 5.75 Å². The maximum Gasteiger partial charge on any atom is 0.188 e. The molecule has 0 spiro atoms. The van der Waals surface area contributed by atoms with Crippen molar-refractivity contribution in [3.05, 3.63) is 47.3 Å². The van der Waals surface area contributed by atoms with E-state index in [0.29, 0.717) is 0 Å². The molecule has 1 aromatic heterocycles. The van der Waals surface area contributed by atoms with Crippen molar-refractivity contribution in [2.75, 3.05) is 7.11 Å². The molecule has 0 fully saturated rings. The summed E-state index contributed by atoms with van der Waals surface area (Å²) in [5.74, 6) is 1.72. The third kappa shape index (κ3) is 3.23. The molecule has 0 saturated carbocycles. The lowest BCUT2D eigenvalue weighted by atomic mass is 10.2. The third-order valence-electron chi connectivity index (χ3n) is 2.51. The highest BCUT2D eigenvalue weighted by atomic mass is 32.2. The molecule has 0 aliphatic carbocycles. The van der Waals surface area contributed by atoms with E-state index in [1.165, 1.54) is 0 Å². The number of rotatable bonds is 4. The molecule has 94 valence electrons. The summed E-state index contributed by atoms with van der Waals surface area (Å²) in [7, 11) is 1.69. The minimum Gasteiger partial charge on any atom is -0.496 e. The average Bonchev–Trinajstić information content (AvgIpc) is 2.35. The number of aryl methyl sites for hydroxylation is 2. The van der Waals surface area contributed by atoms with Crippen LogP contribution in [0.15, 0.2) is 35.5 Å². The molecule has 0 amide bonds. The zero-order valence-electron chi connectivity index (χ0n) is 10.8. The zero-order chi connectivity index (χ0) is 13.0. The maximum absolute atomic E-state index is 5.33. The predicted octanol–water partition coefficient (Wildman–Crippen LogP) is 3.39. The van der Waals surface area contributed by atoms with Crippen molar-refractivity contribution in [3.63, 3.8) is 0 Å². The predicted molar refractivity (Wildman–Crippen MR) is 74.1 cm³/mol. The third-order valence-corrected chi connectivity index (χ3v) is 3.41. The average molecular weight is 260 g/mol. The molecule has 1 heterocycles. The fourth-order valence-electron chi connectivity index (χ4n) is 1.72. The molecule has 2 aromatic rings. The van der Waals surface area contributed by atoms with E-state index < -0.39 is 0 Å². The van der Waals surface area contributed by atoms with Gasteiger partial charge in [-0.05, 0) is 26.0 Å². The molecule has 0 bridgehead atoms. The van der Waals surface area contributed by atoms with Crippen LogP contribution in [0.4, 0.5) is 0 Å². The number of thioether (sulfide) groups is 1.